The van der Waals surface area contributed by atoms with Crippen molar-refractivity contribution in [1.82, 2.24) is 20.5 Å². The van der Waals surface area contributed by atoms with Gasteiger partial charge in [-0.05, 0) is 48.0 Å². The van der Waals surface area contributed by atoms with E-state index in [4.69, 9.17) is 18.9 Å². The zero-order valence-corrected chi connectivity index (χ0v) is 17.8. The van der Waals surface area contributed by atoms with E-state index in [-0.39, 0.29) is 12.5 Å². The second-order valence-electron chi connectivity index (χ2n) is 6.34. The summed E-state index contributed by atoms with van der Waals surface area (Å²) in [4.78, 5) is 16.6. The average Bonchev–Trinajstić information content (AvgIpc) is 3.29. The Morgan fingerprint density at radius 1 is 1.00 bits per heavy atom. The van der Waals surface area contributed by atoms with Gasteiger partial charge in [-0.3, -0.25) is 9.89 Å². The number of aromatic nitrogens is 3. The molecular formula is C22H24N4O5. The van der Waals surface area contributed by atoms with E-state index in [0.717, 1.165) is 16.9 Å². The van der Waals surface area contributed by atoms with Crippen molar-refractivity contribution in [2.24, 2.45) is 0 Å². The zero-order chi connectivity index (χ0) is 22.2. The summed E-state index contributed by atoms with van der Waals surface area (Å²) >= 11 is 0. The van der Waals surface area contributed by atoms with Gasteiger partial charge in [-0.25, -0.2) is 4.98 Å². The lowest BCUT2D eigenvalue weighted by Gasteiger charge is -2.12. The molecule has 3 aromatic rings. The number of methoxy groups -OCH3 is 4. The van der Waals surface area contributed by atoms with E-state index in [1.807, 2.05) is 24.3 Å². The smallest absolute Gasteiger partial charge is 0.244 e. The molecule has 0 aliphatic heterocycles. The molecule has 1 amide bonds. The number of ether oxygens (including phenoxy) is 4. The maximum Gasteiger partial charge on any atom is 0.244 e. The molecule has 1 heterocycles. The first-order valence-corrected chi connectivity index (χ1v) is 9.39. The van der Waals surface area contributed by atoms with E-state index >= 15 is 0 Å². The van der Waals surface area contributed by atoms with Crippen LogP contribution in [-0.2, 0) is 11.3 Å². The summed E-state index contributed by atoms with van der Waals surface area (Å²) in [5.41, 5.74) is 1.57. The fraction of sp³-hybridized carbons (Fsp3) is 0.227. The van der Waals surface area contributed by atoms with Gasteiger partial charge < -0.3 is 24.3 Å². The largest absolute Gasteiger partial charge is 0.497 e. The van der Waals surface area contributed by atoms with Crippen molar-refractivity contribution in [3.8, 4) is 34.4 Å². The van der Waals surface area contributed by atoms with E-state index in [1.54, 1.807) is 25.3 Å². The summed E-state index contributed by atoms with van der Waals surface area (Å²) in [6.07, 6.45) is 3.07. The Morgan fingerprint density at radius 3 is 2.26 bits per heavy atom. The quantitative estimate of drug-likeness (QED) is 0.509. The fourth-order valence-corrected chi connectivity index (χ4v) is 2.84. The molecule has 9 heteroatoms. The molecule has 0 saturated carbocycles. The van der Waals surface area contributed by atoms with Crippen molar-refractivity contribution >= 4 is 12.0 Å². The number of carbonyl (C=O) groups is 1. The van der Waals surface area contributed by atoms with Crippen molar-refractivity contribution in [3.05, 3.63) is 53.9 Å². The molecular weight excluding hydrogens is 400 g/mol. The fourth-order valence-electron chi connectivity index (χ4n) is 2.84. The van der Waals surface area contributed by atoms with Crippen molar-refractivity contribution in [2.45, 2.75) is 6.54 Å². The van der Waals surface area contributed by atoms with Crippen molar-refractivity contribution < 1.29 is 23.7 Å². The van der Waals surface area contributed by atoms with Crippen LogP contribution in [0.2, 0.25) is 0 Å². The summed E-state index contributed by atoms with van der Waals surface area (Å²) < 4.78 is 21.1. The monoisotopic (exact) mass is 424 g/mol. The SMILES string of the molecule is COc1ccc(-c2n[nH]c(CNC(=O)/C=C/c3cc(OC)c(OC)c(OC)c3)n2)cc1. The summed E-state index contributed by atoms with van der Waals surface area (Å²) in [5.74, 6) is 3.07. The molecule has 0 spiro atoms. The lowest BCUT2D eigenvalue weighted by atomic mass is 10.1. The van der Waals surface area contributed by atoms with Crippen molar-refractivity contribution in [3.63, 3.8) is 0 Å². The van der Waals surface area contributed by atoms with Gasteiger partial charge in [-0.15, -0.1) is 0 Å². The number of hydrogen-bond donors (Lipinski definition) is 2. The van der Waals surface area contributed by atoms with Crippen LogP contribution >= 0.6 is 0 Å². The highest BCUT2D eigenvalue weighted by molar-refractivity contribution is 5.91. The van der Waals surface area contributed by atoms with E-state index in [2.05, 4.69) is 20.5 Å². The maximum atomic E-state index is 12.2. The number of aromatic amines is 1. The van der Waals surface area contributed by atoms with Gasteiger partial charge in [0.25, 0.3) is 0 Å². The molecule has 31 heavy (non-hydrogen) atoms. The van der Waals surface area contributed by atoms with Crippen LogP contribution < -0.4 is 24.3 Å². The molecule has 1 aromatic heterocycles. The molecule has 0 aliphatic carbocycles. The van der Waals surface area contributed by atoms with Crippen LogP contribution in [0.25, 0.3) is 17.5 Å². The molecule has 0 fully saturated rings. The average molecular weight is 424 g/mol. The van der Waals surface area contributed by atoms with Gasteiger partial charge in [-0.1, -0.05) is 0 Å². The summed E-state index contributed by atoms with van der Waals surface area (Å²) in [6.45, 7) is 0.210. The molecule has 2 aromatic carbocycles. The molecule has 3 rings (SSSR count). The third kappa shape index (κ3) is 5.33. The Labute approximate surface area is 180 Å². The normalized spacial score (nSPS) is 10.7. The number of nitrogens with zero attached hydrogens (tertiary/aromatic N) is 2. The first kappa shape index (κ1) is 21.7. The number of amides is 1. The van der Waals surface area contributed by atoms with Crippen LogP contribution in [0.4, 0.5) is 0 Å². The highest BCUT2D eigenvalue weighted by Crippen LogP contribution is 2.38. The Bertz CT molecular complexity index is 1040. The Kier molecular flexibility index (Phi) is 7.10. The number of benzene rings is 2. The first-order chi connectivity index (χ1) is 15.1. The van der Waals surface area contributed by atoms with Crippen molar-refractivity contribution in [1.29, 1.82) is 0 Å². The molecule has 0 radical (unpaired) electrons. The lowest BCUT2D eigenvalue weighted by molar-refractivity contribution is -0.116. The molecule has 2 N–H and O–H groups in total. The summed E-state index contributed by atoms with van der Waals surface area (Å²) in [7, 11) is 6.22. The van der Waals surface area contributed by atoms with Crippen LogP contribution in [0.15, 0.2) is 42.5 Å². The van der Waals surface area contributed by atoms with E-state index in [0.29, 0.717) is 28.9 Å². The number of nitrogens with one attached hydrogen (secondary N) is 2. The van der Waals surface area contributed by atoms with Gasteiger partial charge in [-0.2, -0.15) is 5.10 Å². The topological polar surface area (TPSA) is 108 Å². The number of carbonyl (C=O) groups excluding carboxylic acids is 1. The minimum Gasteiger partial charge on any atom is -0.497 e. The van der Waals surface area contributed by atoms with Gasteiger partial charge in [0.2, 0.25) is 11.7 Å². The predicted octanol–water partition coefficient (Wildman–Crippen LogP) is 2.84. The van der Waals surface area contributed by atoms with Gasteiger partial charge in [0, 0.05) is 11.6 Å². The Hall–Kier alpha value is -4.01. The highest BCUT2D eigenvalue weighted by atomic mass is 16.5. The van der Waals surface area contributed by atoms with Gasteiger partial charge in [0.15, 0.2) is 17.3 Å². The van der Waals surface area contributed by atoms with E-state index in [9.17, 15) is 4.79 Å². The van der Waals surface area contributed by atoms with E-state index in [1.165, 1.54) is 27.4 Å². The molecule has 0 atom stereocenters. The Balaban J connectivity index is 1.61. The Morgan fingerprint density at radius 2 is 1.68 bits per heavy atom. The third-order valence-electron chi connectivity index (χ3n) is 4.42. The standard InChI is InChI=1S/C22H24N4O5/c1-28-16-8-6-15(7-9-16)22-24-19(25-26-22)13-23-20(27)10-5-14-11-17(29-2)21(31-4)18(12-14)30-3/h5-12H,13H2,1-4H3,(H,23,27)(H,24,25,26)/b10-5+. The minimum atomic E-state index is -0.281. The molecule has 0 bridgehead atoms. The van der Waals surface area contributed by atoms with E-state index < -0.39 is 0 Å². The second-order valence-corrected chi connectivity index (χ2v) is 6.34. The molecule has 162 valence electrons. The minimum absolute atomic E-state index is 0.210. The second kappa shape index (κ2) is 10.1. The van der Waals surface area contributed by atoms with Crippen LogP contribution in [0, 0.1) is 0 Å². The first-order valence-electron chi connectivity index (χ1n) is 9.39. The molecule has 0 unspecified atom stereocenters. The van der Waals surface area contributed by atoms with Gasteiger partial charge >= 0.3 is 0 Å². The lowest BCUT2D eigenvalue weighted by Crippen LogP contribution is -2.20. The van der Waals surface area contributed by atoms with Crippen LogP contribution in [0.3, 0.4) is 0 Å². The van der Waals surface area contributed by atoms with Crippen molar-refractivity contribution in [2.75, 3.05) is 28.4 Å². The number of hydrogen-bond acceptors (Lipinski definition) is 7. The number of H-pyrrole nitrogens is 1. The van der Waals surface area contributed by atoms with Crippen LogP contribution in [0.5, 0.6) is 23.0 Å². The summed E-state index contributed by atoms with van der Waals surface area (Å²) in [5, 5.41) is 9.77. The van der Waals surface area contributed by atoms with Crippen LogP contribution in [-0.4, -0.2) is 49.5 Å². The highest BCUT2D eigenvalue weighted by Gasteiger charge is 2.12. The molecule has 0 aliphatic rings. The third-order valence-corrected chi connectivity index (χ3v) is 4.42. The van der Waals surface area contributed by atoms with Gasteiger partial charge in [0.05, 0.1) is 35.0 Å². The molecule has 0 saturated heterocycles. The summed E-state index contributed by atoms with van der Waals surface area (Å²) in [6, 6.07) is 10.9. The zero-order valence-electron chi connectivity index (χ0n) is 17.8. The predicted molar refractivity (Wildman–Crippen MR) is 115 cm³/mol. The molecule has 9 nitrogen and oxygen atoms in total. The number of rotatable bonds is 9. The maximum absolute atomic E-state index is 12.2. The van der Waals surface area contributed by atoms with Gasteiger partial charge in [0.1, 0.15) is 11.6 Å². The van der Waals surface area contributed by atoms with Crippen LogP contribution in [0.1, 0.15) is 11.4 Å².